The molecular weight excluding hydrogens is 493 g/mol. The van der Waals surface area contributed by atoms with Crippen LogP contribution in [-0.4, -0.2) is 16.4 Å². The third kappa shape index (κ3) is 8.39. The number of para-hydroxylation sites is 2. The zero-order valence-corrected chi connectivity index (χ0v) is 22.5. The van der Waals surface area contributed by atoms with Crippen molar-refractivity contribution in [3.63, 3.8) is 0 Å². The molecule has 0 unspecified atom stereocenters. The zero-order chi connectivity index (χ0) is 21.5. The summed E-state index contributed by atoms with van der Waals surface area (Å²) in [6.07, 6.45) is 3.41. The number of unbranched alkanes of at least 4 members (excludes halogenated alkanes) is 1. The van der Waals surface area contributed by atoms with Crippen LogP contribution in [0.4, 0.5) is 11.4 Å². The Morgan fingerprint density at radius 1 is 0.758 bits per heavy atom. The van der Waals surface area contributed by atoms with Gasteiger partial charge in [0.15, 0.2) is 0 Å². The van der Waals surface area contributed by atoms with E-state index in [9.17, 15) is 0 Å². The first-order valence-corrected chi connectivity index (χ1v) is 10.7. The van der Waals surface area contributed by atoms with Gasteiger partial charge in [-0.2, -0.15) is 0 Å². The van der Waals surface area contributed by atoms with Crippen molar-refractivity contribution in [2.24, 2.45) is 9.98 Å². The van der Waals surface area contributed by atoms with Crippen LogP contribution in [0.1, 0.15) is 61.7 Å². The molecule has 0 N–H and O–H groups in total. The van der Waals surface area contributed by atoms with E-state index in [0.717, 1.165) is 40.6 Å². The van der Waals surface area contributed by atoms with Gasteiger partial charge in [0, 0.05) is 0 Å². The second-order valence-corrected chi connectivity index (χ2v) is 7.78. The van der Waals surface area contributed by atoms with Crippen LogP contribution < -0.4 is 24.8 Å². The van der Waals surface area contributed by atoms with Crippen LogP contribution >= 0.6 is 0 Å². The molecule has 0 saturated carbocycles. The summed E-state index contributed by atoms with van der Waals surface area (Å²) in [5, 5.41) is 0. The molecule has 1 heterocycles. The molecule has 6 heteroatoms. The summed E-state index contributed by atoms with van der Waals surface area (Å²) in [7, 11) is 0. The fourth-order valence-corrected chi connectivity index (χ4v) is 3.48. The van der Waals surface area contributed by atoms with Gasteiger partial charge in [0.1, 0.15) is 0 Å². The Balaban J connectivity index is 0.00000341. The molecule has 0 aliphatic rings. The van der Waals surface area contributed by atoms with E-state index in [1.807, 2.05) is 38.1 Å². The maximum atomic E-state index is 4.91. The Morgan fingerprint density at radius 3 is 1.91 bits per heavy atom. The second kappa shape index (κ2) is 15.0. The normalized spacial score (nSPS) is 11.2. The smallest absolute Gasteiger partial charge is 1.00 e. The van der Waals surface area contributed by atoms with Gasteiger partial charge in [0.05, 0.1) is 34.2 Å². The van der Waals surface area contributed by atoms with Crippen molar-refractivity contribution in [2.45, 2.75) is 53.9 Å². The summed E-state index contributed by atoms with van der Waals surface area (Å²) in [6.45, 7) is 10.4. The minimum atomic E-state index is 0. The largest absolute Gasteiger partial charge is 2.00 e. The number of aliphatic imine (C=N–C) groups is 2. The van der Waals surface area contributed by atoms with Gasteiger partial charge in [0.2, 0.25) is 0 Å². The Labute approximate surface area is 221 Å². The number of aryl methyl sites for hydroxylation is 3. The van der Waals surface area contributed by atoms with Crippen molar-refractivity contribution in [3.8, 4) is 0 Å². The number of halogens is 2. The van der Waals surface area contributed by atoms with Crippen LogP contribution in [0.15, 0.2) is 70.6 Å². The summed E-state index contributed by atoms with van der Waals surface area (Å²) in [5.74, 6) is 0. The maximum absolute atomic E-state index is 4.91. The summed E-state index contributed by atoms with van der Waals surface area (Å²) in [6, 6.07) is 20.7. The number of hydrogen-bond acceptors (Lipinski definition) is 3. The standard InChI is InChI=1S/C27H31N3.2ClH.Fe/c1-6-7-14-23-15-8-9-16-26(23)28-21(4)24-17-11-18-25(30-24)22(5)29-27-19(2)12-10-13-20(27)3;;;/h8-13,15-18H,6-7,14H2,1-5H3;2*1H;/q;;;+2/p-2. The second-order valence-electron chi connectivity index (χ2n) is 7.78. The Bertz CT molecular complexity index is 1070. The molecule has 0 radical (unpaired) electrons. The molecule has 3 aromatic rings. The van der Waals surface area contributed by atoms with Gasteiger partial charge in [-0.1, -0.05) is 55.8 Å². The molecular formula is C27H31Cl2FeN3. The fourth-order valence-electron chi connectivity index (χ4n) is 3.48. The summed E-state index contributed by atoms with van der Waals surface area (Å²) >= 11 is 0. The predicted molar refractivity (Wildman–Crippen MR) is 129 cm³/mol. The molecule has 0 atom stereocenters. The topological polar surface area (TPSA) is 37.6 Å². The van der Waals surface area contributed by atoms with Crippen molar-refractivity contribution in [1.29, 1.82) is 0 Å². The third-order valence-corrected chi connectivity index (χ3v) is 5.29. The van der Waals surface area contributed by atoms with Crippen LogP contribution in [0, 0.1) is 13.8 Å². The first kappa shape index (κ1) is 31.0. The first-order chi connectivity index (χ1) is 14.5. The van der Waals surface area contributed by atoms with Gasteiger partial charge in [-0.3, -0.25) is 9.98 Å². The van der Waals surface area contributed by atoms with Gasteiger partial charge in [0.25, 0.3) is 0 Å². The van der Waals surface area contributed by atoms with Gasteiger partial charge in [-0.15, -0.1) is 0 Å². The summed E-state index contributed by atoms with van der Waals surface area (Å²) < 4.78 is 0. The minimum absolute atomic E-state index is 0. The summed E-state index contributed by atoms with van der Waals surface area (Å²) in [4.78, 5) is 14.6. The SMILES string of the molecule is CCCCc1ccccc1N=C(C)c1cccc(C(C)=Nc2c(C)cccc2C)n1.[Cl-].[Cl-].[Fe+2]. The van der Waals surface area contributed by atoms with Crippen molar-refractivity contribution < 1.29 is 41.9 Å². The molecule has 0 spiro atoms. The van der Waals surface area contributed by atoms with E-state index in [1.54, 1.807) is 0 Å². The molecule has 0 saturated heterocycles. The van der Waals surface area contributed by atoms with Crippen LogP contribution in [-0.2, 0) is 23.5 Å². The van der Waals surface area contributed by atoms with Crippen LogP contribution in [0.2, 0.25) is 0 Å². The number of aromatic nitrogens is 1. The van der Waals surface area contributed by atoms with E-state index in [2.05, 4.69) is 57.2 Å². The van der Waals surface area contributed by atoms with E-state index >= 15 is 0 Å². The van der Waals surface area contributed by atoms with Gasteiger partial charge >= 0.3 is 17.1 Å². The maximum Gasteiger partial charge on any atom is 2.00 e. The Morgan fingerprint density at radius 2 is 1.30 bits per heavy atom. The molecule has 33 heavy (non-hydrogen) atoms. The van der Waals surface area contributed by atoms with E-state index in [-0.39, 0.29) is 41.9 Å². The van der Waals surface area contributed by atoms with Crippen molar-refractivity contribution in [3.05, 3.63) is 88.7 Å². The molecule has 176 valence electrons. The van der Waals surface area contributed by atoms with E-state index in [0.29, 0.717) is 0 Å². The van der Waals surface area contributed by atoms with Crippen LogP contribution in [0.25, 0.3) is 0 Å². The monoisotopic (exact) mass is 523 g/mol. The molecule has 1 aromatic heterocycles. The van der Waals surface area contributed by atoms with Crippen molar-refractivity contribution in [2.75, 3.05) is 0 Å². The van der Waals surface area contributed by atoms with Gasteiger partial charge in [-0.05, 0) is 75.4 Å². The predicted octanol–water partition coefficient (Wildman–Crippen LogP) is 1.33. The Kier molecular flexibility index (Phi) is 14.1. The number of nitrogens with zero attached hydrogens (tertiary/aromatic N) is 3. The number of pyridine rings is 1. The van der Waals surface area contributed by atoms with E-state index < -0.39 is 0 Å². The van der Waals surface area contributed by atoms with Gasteiger partial charge in [-0.25, -0.2) is 4.98 Å². The van der Waals surface area contributed by atoms with Crippen LogP contribution in [0.3, 0.4) is 0 Å². The average molecular weight is 524 g/mol. The van der Waals surface area contributed by atoms with Crippen LogP contribution in [0.5, 0.6) is 0 Å². The average Bonchev–Trinajstić information content (AvgIpc) is 2.75. The molecule has 0 amide bonds. The summed E-state index contributed by atoms with van der Waals surface area (Å²) in [5.41, 5.74) is 9.29. The molecule has 0 aliphatic heterocycles. The molecule has 0 aliphatic carbocycles. The fraction of sp³-hybridized carbons (Fsp3) is 0.296. The minimum Gasteiger partial charge on any atom is -1.00 e. The molecule has 3 nitrogen and oxygen atoms in total. The van der Waals surface area contributed by atoms with Gasteiger partial charge < -0.3 is 24.8 Å². The Hall–Kier alpha value is -1.97. The number of hydrogen-bond donors (Lipinski definition) is 0. The van der Waals surface area contributed by atoms with E-state index in [4.69, 9.17) is 15.0 Å². The molecule has 2 aromatic carbocycles. The molecule has 0 bridgehead atoms. The van der Waals surface area contributed by atoms with Crippen molar-refractivity contribution >= 4 is 22.8 Å². The molecule has 3 rings (SSSR count). The number of rotatable bonds is 7. The number of benzene rings is 2. The zero-order valence-electron chi connectivity index (χ0n) is 19.8. The first-order valence-electron chi connectivity index (χ1n) is 10.7. The molecule has 0 fully saturated rings. The van der Waals surface area contributed by atoms with Crippen molar-refractivity contribution in [1.82, 2.24) is 4.98 Å². The quantitative estimate of drug-likeness (QED) is 0.340. The van der Waals surface area contributed by atoms with E-state index in [1.165, 1.54) is 29.5 Å². The third-order valence-electron chi connectivity index (χ3n) is 5.29.